The van der Waals surface area contributed by atoms with E-state index in [1.54, 1.807) is 0 Å². The van der Waals surface area contributed by atoms with Gasteiger partial charge in [-0.15, -0.1) is 0 Å². The van der Waals surface area contributed by atoms with Gasteiger partial charge < -0.3 is 10.5 Å². The van der Waals surface area contributed by atoms with Gasteiger partial charge >= 0.3 is 0 Å². The molecule has 0 aromatic rings. The number of likely N-dealkylation sites (N-methyl/N-ethyl adjacent to an activating group) is 1. The van der Waals surface area contributed by atoms with Crippen LogP contribution in [0, 0.1) is 11.8 Å². The van der Waals surface area contributed by atoms with E-state index < -0.39 is 0 Å². The van der Waals surface area contributed by atoms with E-state index in [2.05, 4.69) is 32.6 Å². The molecule has 2 atom stereocenters. The minimum absolute atomic E-state index is 0.226. The highest BCUT2D eigenvalue weighted by Gasteiger charge is 2.39. The lowest BCUT2D eigenvalue weighted by molar-refractivity contribution is 0.0116. The van der Waals surface area contributed by atoms with Crippen LogP contribution in [-0.2, 0) is 4.74 Å². The van der Waals surface area contributed by atoms with Crippen LogP contribution >= 0.6 is 0 Å². The number of nitrogens with two attached hydrogens (primary N) is 1. The third-order valence-corrected chi connectivity index (χ3v) is 4.87. The molecule has 2 N–H and O–H groups in total. The van der Waals surface area contributed by atoms with Gasteiger partial charge in [0.25, 0.3) is 0 Å². The summed E-state index contributed by atoms with van der Waals surface area (Å²) in [6.07, 6.45) is 6.62. The fourth-order valence-electron chi connectivity index (χ4n) is 3.98. The Kier molecular flexibility index (Phi) is 8.08. The van der Waals surface area contributed by atoms with Crippen LogP contribution in [0.5, 0.6) is 0 Å². The first kappa shape index (κ1) is 17.9. The van der Waals surface area contributed by atoms with Crippen LogP contribution in [0.2, 0.25) is 0 Å². The molecule has 3 heteroatoms. The molecule has 0 bridgehead atoms. The molecule has 1 fully saturated rings. The molecule has 3 nitrogen and oxygen atoms in total. The SMILES string of the molecule is CCOCCN(CC)C1(CN)CCCC(CC(C)C)C1. The molecule has 1 saturated carbocycles. The fourth-order valence-corrected chi connectivity index (χ4v) is 3.98. The Balaban J connectivity index is 2.66. The van der Waals surface area contributed by atoms with Crippen molar-refractivity contribution in [1.82, 2.24) is 4.90 Å². The van der Waals surface area contributed by atoms with E-state index in [4.69, 9.17) is 10.5 Å². The molecule has 0 amide bonds. The molecule has 1 rings (SSSR count). The van der Waals surface area contributed by atoms with Crippen LogP contribution in [-0.4, -0.2) is 43.3 Å². The lowest BCUT2D eigenvalue weighted by Crippen LogP contribution is -2.57. The van der Waals surface area contributed by atoms with Gasteiger partial charge in [-0.25, -0.2) is 0 Å². The van der Waals surface area contributed by atoms with E-state index in [9.17, 15) is 0 Å². The molecule has 0 aromatic heterocycles. The smallest absolute Gasteiger partial charge is 0.0593 e. The number of hydrogen-bond donors (Lipinski definition) is 1. The highest BCUT2D eigenvalue weighted by atomic mass is 16.5. The summed E-state index contributed by atoms with van der Waals surface area (Å²) >= 11 is 0. The third kappa shape index (κ3) is 5.01. The number of nitrogens with zero attached hydrogens (tertiary/aromatic N) is 1. The first-order valence-electron chi connectivity index (χ1n) is 8.60. The van der Waals surface area contributed by atoms with Crippen molar-refractivity contribution < 1.29 is 4.74 Å². The topological polar surface area (TPSA) is 38.5 Å². The highest BCUT2D eigenvalue weighted by Crippen LogP contribution is 2.38. The van der Waals surface area contributed by atoms with Gasteiger partial charge in [0.1, 0.15) is 0 Å². The molecule has 0 aliphatic heterocycles. The van der Waals surface area contributed by atoms with Gasteiger partial charge in [-0.2, -0.15) is 0 Å². The summed E-state index contributed by atoms with van der Waals surface area (Å²) in [7, 11) is 0. The van der Waals surface area contributed by atoms with E-state index in [-0.39, 0.29) is 5.54 Å². The van der Waals surface area contributed by atoms with Crippen molar-refractivity contribution in [2.75, 3.05) is 32.8 Å². The summed E-state index contributed by atoms with van der Waals surface area (Å²) in [4.78, 5) is 2.59. The zero-order valence-electron chi connectivity index (χ0n) is 14.2. The van der Waals surface area contributed by atoms with Gasteiger partial charge in [0.05, 0.1) is 6.61 Å². The van der Waals surface area contributed by atoms with Crippen molar-refractivity contribution in [1.29, 1.82) is 0 Å². The normalized spacial score (nSPS) is 27.4. The second-order valence-electron chi connectivity index (χ2n) is 6.80. The van der Waals surface area contributed by atoms with E-state index in [0.717, 1.165) is 44.7 Å². The Labute approximate surface area is 126 Å². The van der Waals surface area contributed by atoms with E-state index in [1.807, 2.05) is 0 Å². The van der Waals surface area contributed by atoms with Crippen LogP contribution in [0.4, 0.5) is 0 Å². The van der Waals surface area contributed by atoms with Crippen molar-refractivity contribution in [3.8, 4) is 0 Å². The summed E-state index contributed by atoms with van der Waals surface area (Å²) in [5.41, 5.74) is 6.46. The number of hydrogen-bond acceptors (Lipinski definition) is 3. The molecule has 0 aromatic carbocycles. The fraction of sp³-hybridized carbons (Fsp3) is 1.00. The maximum Gasteiger partial charge on any atom is 0.0593 e. The maximum atomic E-state index is 6.23. The third-order valence-electron chi connectivity index (χ3n) is 4.87. The summed E-state index contributed by atoms with van der Waals surface area (Å²) < 4.78 is 5.56. The Morgan fingerprint density at radius 1 is 1.35 bits per heavy atom. The Morgan fingerprint density at radius 3 is 2.65 bits per heavy atom. The first-order valence-corrected chi connectivity index (χ1v) is 8.60. The molecule has 1 aliphatic rings. The van der Waals surface area contributed by atoms with Gasteiger partial charge in [0, 0.05) is 25.2 Å². The summed E-state index contributed by atoms with van der Waals surface area (Å²) in [5.74, 6) is 1.65. The molecule has 0 saturated heterocycles. The molecular weight excluding hydrogens is 248 g/mol. The summed E-state index contributed by atoms with van der Waals surface area (Å²) in [6, 6.07) is 0. The Morgan fingerprint density at radius 2 is 2.10 bits per heavy atom. The van der Waals surface area contributed by atoms with Gasteiger partial charge in [0.2, 0.25) is 0 Å². The van der Waals surface area contributed by atoms with Gasteiger partial charge in [-0.3, -0.25) is 4.90 Å². The first-order chi connectivity index (χ1) is 9.57. The van der Waals surface area contributed by atoms with Crippen molar-refractivity contribution >= 4 is 0 Å². The number of rotatable bonds is 9. The molecule has 1 aliphatic carbocycles. The summed E-state index contributed by atoms with van der Waals surface area (Å²) in [5, 5.41) is 0. The monoisotopic (exact) mass is 284 g/mol. The highest BCUT2D eigenvalue weighted by molar-refractivity contribution is 4.96. The average molecular weight is 284 g/mol. The molecule has 2 unspecified atom stereocenters. The lowest BCUT2D eigenvalue weighted by atomic mass is 9.72. The molecule has 20 heavy (non-hydrogen) atoms. The maximum absolute atomic E-state index is 6.23. The van der Waals surface area contributed by atoms with Crippen LogP contribution < -0.4 is 5.73 Å². The van der Waals surface area contributed by atoms with Crippen LogP contribution in [0.1, 0.15) is 59.8 Å². The minimum atomic E-state index is 0.226. The predicted molar refractivity (Wildman–Crippen MR) is 86.9 cm³/mol. The van der Waals surface area contributed by atoms with Crippen molar-refractivity contribution in [3.05, 3.63) is 0 Å². The van der Waals surface area contributed by atoms with Gasteiger partial charge in [-0.1, -0.05) is 33.6 Å². The number of ether oxygens (including phenoxy) is 1. The standard InChI is InChI=1S/C17H36N2O/c1-5-19(10-11-20-6-2)17(14-18)9-7-8-16(13-17)12-15(3)4/h15-16H,5-14,18H2,1-4H3. The second kappa shape index (κ2) is 9.01. The summed E-state index contributed by atoms with van der Waals surface area (Å²) in [6.45, 7) is 13.5. The van der Waals surface area contributed by atoms with Crippen molar-refractivity contribution in [2.24, 2.45) is 17.6 Å². The van der Waals surface area contributed by atoms with E-state index in [0.29, 0.717) is 0 Å². The van der Waals surface area contributed by atoms with Crippen LogP contribution in [0.15, 0.2) is 0 Å². The largest absolute Gasteiger partial charge is 0.380 e. The predicted octanol–water partition coefficient (Wildman–Crippen LogP) is 3.28. The molecule has 0 heterocycles. The minimum Gasteiger partial charge on any atom is -0.380 e. The van der Waals surface area contributed by atoms with E-state index in [1.165, 1.54) is 32.1 Å². The zero-order chi connectivity index (χ0) is 15.0. The Hall–Kier alpha value is -0.120. The molecule has 0 spiro atoms. The second-order valence-corrected chi connectivity index (χ2v) is 6.80. The van der Waals surface area contributed by atoms with Crippen molar-refractivity contribution in [3.63, 3.8) is 0 Å². The van der Waals surface area contributed by atoms with Crippen LogP contribution in [0.25, 0.3) is 0 Å². The van der Waals surface area contributed by atoms with E-state index >= 15 is 0 Å². The van der Waals surface area contributed by atoms with Gasteiger partial charge in [0.15, 0.2) is 0 Å². The van der Waals surface area contributed by atoms with Crippen molar-refractivity contribution in [2.45, 2.75) is 65.3 Å². The average Bonchev–Trinajstić information content (AvgIpc) is 2.43. The van der Waals surface area contributed by atoms with Crippen LogP contribution in [0.3, 0.4) is 0 Å². The molecular formula is C17H36N2O. The molecule has 0 radical (unpaired) electrons. The lowest BCUT2D eigenvalue weighted by Gasteiger charge is -2.48. The zero-order valence-corrected chi connectivity index (χ0v) is 14.2. The molecule has 120 valence electrons. The van der Waals surface area contributed by atoms with Gasteiger partial charge in [-0.05, 0) is 44.6 Å². The quantitative estimate of drug-likeness (QED) is 0.660. The Bertz CT molecular complexity index is 257.